The number of carbonyl (C=O) groups excluding carboxylic acids is 2. The van der Waals surface area contributed by atoms with Gasteiger partial charge in [-0.05, 0) is 38.3 Å². The van der Waals surface area contributed by atoms with Gasteiger partial charge in [0.25, 0.3) is 0 Å². The van der Waals surface area contributed by atoms with Crippen LogP contribution < -0.4 is 0 Å². The largest absolute Gasteiger partial charge is 0.456 e. The lowest BCUT2D eigenvalue weighted by molar-refractivity contribution is -0.186. The van der Waals surface area contributed by atoms with Crippen molar-refractivity contribution in [1.82, 2.24) is 0 Å². The number of rotatable bonds is 2. The van der Waals surface area contributed by atoms with Crippen molar-refractivity contribution in [2.45, 2.75) is 52.1 Å². The molecule has 1 unspecified atom stereocenters. The molecular formula is C20H24O3. The van der Waals surface area contributed by atoms with Crippen LogP contribution in [-0.4, -0.2) is 17.9 Å². The molecule has 3 rings (SSSR count). The fourth-order valence-corrected chi connectivity index (χ4v) is 3.84. The third-order valence-electron chi connectivity index (χ3n) is 5.33. The van der Waals surface area contributed by atoms with Crippen LogP contribution >= 0.6 is 0 Å². The monoisotopic (exact) mass is 312 g/mol. The summed E-state index contributed by atoms with van der Waals surface area (Å²) in [6.45, 7) is 3.80. The number of carbonyl (C=O) groups is 2. The summed E-state index contributed by atoms with van der Waals surface area (Å²) in [7, 11) is 0. The highest BCUT2D eigenvalue weighted by Gasteiger charge is 2.59. The molecule has 1 aromatic carbocycles. The number of esters is 1. The molecule has 1 heterocycles. The van der Waals surface area contributed by atoms with Gasteiger partial charge in [-0.25, -0.2) is 0 Å². The van der Waals surface area contributed by atoms with E-state index >= 15 is 0 Å². The Kier molecular flexibility index (Phi) is 4.13. The Balaban J connectivity index is 1.86. The van der Waals surface area contributed by atoms with Crippen molar-refractivity contribution in [3.05, 3.63) is 42.0 Å². The van der Waals surface area contributed by atoms with Crippen molar-refractivity contribution in [3.8, 4) is 0 Å². The molecule has 3 heteroatoms. The van der Waals surface area contributed by atoms with Gasteiger partial charge < -0.3 is 4.74 Å². The molecule has 1 aliphatic carbocycles. The summed E-state index contributed by atoms with van der Waals surface area (Å²) in [6.07, 6.45) is 7.51. The van der Waals surface area contributed by atoms with Crippen LogP contribution in [0.25, 0.3) is 6.08 Å². The number of hydrogen-bond acceptors (Lipinski definition) is 3. The summed E-state index contributed by atoms with van der Waals surface area (Å²) >= 11 is 0. The molecule has 1 saturated carbocycles. The summed E-state index contributed by atoms with van der Waals surface area (Å²) in [4.78, 5) is 25.7. The second kappa shape index (κ2) is 5.95. The first-order valence-electron chi connectivity index (χ1n) is 8.46. The van der Waals surface area contributed by atoms with Gasteiger partial charge in [-0.2, -0.15) is 0 Å². The van der Waals surface area contributed by atoms with E-state index in [4.69, 9.17) is 4.74 Å². The molecule has 0 N–H and O–H groups in total. The molecule has 0 amide bonds. The van der Waals surface area contributed by atoms with Gasteiger partial charge in [-0.15, -0.1) is 0 Å². The Morgan fingerprint density at radius 2 is 1.70 bits per heavy atom. The zero-order chi connectivity index (χ0) is 16.5. The van der Waals surface area contributed by atoms with Crippen LogP contribution in [-0.2, 0) is 14.3 Å². The fourth-order valence-electron chi connectivity index (χ4n) is 3.84. The highest BCUT2D eigenvalue weighted by atomic mass is 16.5. The van der Waals surface area contributed by atoms with E-state index < -0.39 is 16.9 Å². The summed E-state index contributed by atoms with van der Waals surface area (Å²) in [5.41, 5.74) is -0.542. The molecule has 1 spiro atoms. The van der Waals surface area contributed by atoms with E-state index in [1.165, 1.54) is 0 Å². The van der Waals surface area contributed by atoms with Gasteiger partial charge in [0.2, 0.25) is 0 Å². The number of ether oxygens (including phenoxy) is 1. The van der Waals surface area contributed by atoms with Gasteiger partial charge in [0.05, 0.1) is 5.41 Å². The van der Waals surface area contributed by atoms with E-state index in [1.807, 2.05) is 56.3 Å². The molecule has 1 atom stereocenters. The van der Waals surface area contributed by atoms with Crippen molar-refractivity contribution >= 4 is 17.8 Å². The van der Waals surface area contributed by atoms with E-state index in [0.29, 0.717) is 12.8 Å². The SMILES string of the molecule is CC1(C)C(=O)C2(CCCCC2)C(=O)OC1/C=C/c1ccccc1. The Hall–Kier alpha value is -1.90. The number of cyclic esters (lactones) is 1. The maximum Gasteiger partial charge on any atom is 0.320 e. The molecule has 2 aliphatic rings. The first-order valence-corrected chi connectivity index (χ1v) is 8.46. The van der Waals surface area contributed by atoms with Gasteiger partial charge >= 0.3 is 5.97 Å². The van der Waals surface area contributed by atoms with E-state index in [-0.39, 0.29) is 11.8 Å². The maximum atomic E-state index is 13.1. The molecule has 3 nitrogen and oxygen atoms in total. The molecule has 23 heavy (non-hydrogen) atoms. The van der Waals surface area contributed by atoms with Gasteiger partial charge in [-0.3, -0.25) is 9.59 Å². The Labute approximate surface area is 137 Å². The summed E-state index contributed by atoms with van der Waals surface area (Å²) in [5.74, 6) is -0.257. The highest BCUT2D eigenvalue weighted by molar-refractivity contribution is 6.08. The first-order chi connectivity index (χ1) is 11.0. The van der Waals surface area contributed by atoms with Crippen LogP contribution in [0.2, 0.25) is 0 Å². The van der Waals surface area contributed by atoms with E-state index in [9.17, 15) is 9.59 Å². The number of hydrogen-bond donors (Lipinski definition) is 0. The summed E-state index contributed by atoms with van der Waals surface area (Å²) in [5, 5.41) is 0. The minimum atomic E-state index is -0.890. The van der Waals surface area contributed by atoms with E-state index in [0.717, 1.165) is 24.8 Å². The van der Waals surface area contributed by atoms with Crippen molar-refractivity contribution < 1.29 is 14.3 Å². The van der Waals surface area contributed by atoms with Crippen LogP contribution in [0, 0.1) is 10.8 Å². The lowest BCUT2D eigenvalue weighted by Gasteiger charge is -2.46. The van der Waals surface area contributed by atoms with Crippen LogP contribution in [0.3, 0.4) is 0 Å². The topological polar surface area (TPSA) is 43.4 Å². The van der Waals surface area contributed by atoms with E-state index in [1.54, 1.807) is 0 Å². The minimum absolute atomic E-state index is 0.0589. The fraction of sp³-hybridized carbons (Fsp3) is 0.500. The number of Topliss-reactive ketones (excluding diaryl/α,β-unsaturated/α-hetero) is 1. The quantitative estimate of drug-likeness (QED) is 0.608. The molecule has 0 radical (unpaired) electrons. The maximum absolute atomic E-state index is 13.1. The van der Waals surface area contributed by atoms with Gasteiger partial charge in [0, 0.05) is 0 Å². The smallest absolute Gasteiger partial charge is 0.320 e. The predicted molar refractivity (Wildman–Crippen MR) is 89.7 cm³/mol. The Morgan fingerprint density at radius 3 is 2.35 bits per heavy atom. The van der Waals surface area contributed by atoms with Gasteiger partial charge in [0.1, 0.15) is 11.5 Å². The van der Waals surface area contributed by atoms with Gasteiger partial charge in [0.15, 0.2) is 5.78 Å². The summed E-state index contributed by atoms with van der Waals surface area (Å²) < 4.78 is 5.74. The molecule has 0 bridgehead atoms. The molecule has 1 saturated heterocycles. The second-order valence-corrected chi connectivity index (χ2v) is 7.29. The lowest BCUT2D eigenvalue weighted by Crippen LogP contribution is -2.58. The zero-order valence-electron chi connectivity index (χ0n) is 13.9. The number of ketones is 1. The number of benzene rings is 1. The molecular weight excluding hydrogens is 288 g/mol. The minimum Gasteiger partial charge on any atom is -0.456 e. The highest BCUT2D eigenvalue weighted by Crippen LogP contribution is 2.48. The van der Waals surface area contributed by atoms with Crippen LogP contribution in [0.15, 0.2) is 36.4 Å². The Morgan fingerprint density at radius 1 is 1.04 bits per heavy atom. The third kappa shape index (κ3) is 2.73. The molecule has 1 aromatic rings. The van der Waals surface area contributed by atoms with Crippen molar-refractivity contribution in [3.63, 3.8) is 0 Å². The average Bonchev–Trinajstić information content (AvgIpc) is 2.58. The normalized spacial score (nSPS) is 26.4. The zero-order valence-corrected chi connectivity index (χ0v) is 13.9. The predicted octanol–water partition coefficient (Wildman–Crippen LogP) is 4.17. The van der Waals surface area contributed by atoms with Crippen molar-refractivity contribution in [2.24, 2.45) is 10.8 Å². The second-order valence-electron chi connectivity index (χ2n) is 7.29. The molecule has 2 fully saturated rings. The van der Waals surface area contributed by atoms with Crippen molar-refractivity contribution in [2.75, 3.05) is 0 Å². The standard InChI is InChI=1S/C20H24O3/c1-19(2)16(12-11-15-9-5-3-6-10-15)23-18(22)20(17(19)21)13-7-4-8-14-20/h3,5-6,9-12,16H,4,7-8,13-14H2,1-2H3/b12-11+. The van der Waals surface area contributed by atoms with Gasteiger partial charge in [-0.1, -0.05) is 55.7 Å². The van der Waals surface area contributed by atoms with Crippen molar-refractivity contribution in [1.29, 1.82) is 0 Å². The Bertz CT molecular complexity index is 622. The third-order valence-corrected chi connectivity index (χ3v) is 5.33. The van der Waals surface area contributed by atoms with Crippen LogP contribution in [0.1, 0.15) is 51.5 Å². The molecule has 122 valence electrons. The molecule has 1 aliphatic heterocycles. The van der Waals surface area contributed by atoms with E-state index in [2.05, 4.69) is 0 Å². The van der Waals surface area contributed by atoms with Crippen LogP contribution in [0.5, 0.6) is 0 Å². The summed E-state index contributed by atoms with van der Waals surface area (Å²) in [6, 6.07) is 9.84. The lowest BCUT2D eigenvalue weighted by atomic mass is 9.61. The van der Waals surface area contributed by atoms with Crippen LogP contribution in [0.4, 0.5) is 0 Å². The first kappa shape index (κ1) is 16.0. The average molecular weight is 312 g/mol. The molecule has 0 aromatic heterocycles.